The van der Waals surface area contributed by atoms with Gasteiger partial charge in [0.25, 0.3) is 0 Å². The van der Waals surface area contributed by atoms with E-state index >= 15 is 0 Å². The molecule has 0 heterocycles. The third-order valence-electron chi connectivity index (χ3n) is 2.65. The van der Waals surface area contributed by atoms with Gasteiger partial charge in [-0.1, -0.05) is 59.8 Å². The molecule has 1 atom stereocenters. The van der Waals surface area contributed by atoms with Crippen LogP contribution in [0.3, 0.4) is 0 Å². The van der Waals surface area contributed by atoms with Crippen LogP contribution >= 0.6 is 13.4 Å². The Morgan fingerprint density at radius 3 is 1.33 bits per heavy atom. The van der Waals surface area contributed by atoms with Crippen LogP contribution in [-0.4, -0.2) is 29.4 Å². The molecule has 0 saturated carbocycles. The van der Waals surface area contributed by atoms with E-state index < -0.39 is 13.4 Å². The van der Waals surface area contributed by atoms with Crippen LogP contribution in [0.1, 0.15) is 59.8 Å². The van der Waals surface area contributed by atoms with E-state index in [1.165, 1.54) is 32.1 Å². The molecule has 0 aromatic carbocycles. The minimum absolute atomic E-state index is 0.886. The lowest BCUT2D eigenvalue weighted by Crippen LogP contribution is -2.06. The van der Waals surface area contributed by atoms with Gasteiger partial charge in [0, 0.05) is 0 Å². The molecule has 6 N–H and O–H groups in total. The molecule has 0 bridgehead atoms. The molecule has 0 radical (unpaired) electrons. The molecule has 0 aliphatic heterocycles. The Kier molecular flexibility index (Phi) is 18.8. The van der Waals surface area contributed by atoms with Gasteiger partial charge in [-0.2, -0.15) is 0 Å². The molecule has 0 spiro atoms. The highest BCUT2D eigenvalue weighted by atomic mass is 32.5. The molecule has 10 heteroatoms. The molecule has 0 aromatic rings. The van der Waals surface area contributed by atoms with Crippen LogP contribution in [0, 0.1) is 11.8 Å². The summed E-state index contributed by atoms with van der Waals surface area (Å²) >= 11 is 7.21. The highest BCUT2D eigenvalue weighted by Gasteiger charge is 2.09. The largest absolute Gasteiger partial charge is 0.325 e. The first-order chi connectivity index (χ1) is 9.22. The van der Waals surface area contributed by atoms with E-state index in [1.54, 1.807) is 0 Å². The third kappa shape index (κ3) is 52.6. The first-order valence-corrected chi connectivity index (χ1v) is 12.1. The summed E-state index contributed by atoms with van der Waals surface area (Å²) < 4.78 is 0. The smallest absolute Gasteiger partial charge is 0.319 e. The van der Waals surface area contributed by atoms with Crippen molar-refractivity contribution in [3.63, 3.8) is 0 Å². The van der Waals surface area contributed by atoms with Crippen LogP contribution in [0.2, 0.25) is 0 Å². The molecular weight excluding hydrogens is 354 g/mol. The molecule has 0 amide bonds. The van der Waals surface area contributed by atoms with Crippen molar-refractivity contribution in [1.82, 2.24) is 0 Å². The summed E-state index contributed by atoms with van der Waals surface area (Å²) in [4.78, 5) is 45.3. The zero-order chi connectivity index (χ0) is 17.7. The molecule has 132 valence electrons. The van der Waals surface area contributed by atoms with Crippen LogP contribution < -0.4 is 0 Å². The van der Waals surface area contributed by atoms with Crippen LogP contribution in [-0.2, 0) is 23.6 Å². The molecule has 0 aromatic heterocycles. The van der Waals surface area contributed by atoms with Gasteiger partial charge in [-0.3, -0.25) is 0 Å². The monoisotopic (exact) mass is 384 g/mol. The molecular formula is C11H30O6P2S2. The van der Waals surface area contributed by atoms with Crippen molar-refractivity contribution in [3.05, 3.63) is 0 Å². The van der Waals surface area contributed by atoms with Gasteiger partial charge < -0.3 is 29.4 Å². The SMILES string of the molecule is CCCCCC(CC)C(C)C.OP(O)(O)=S.OP(O)(O)=S. The first kappa shape index (κ1) is 26.9. The van der Waals surface area contributed by atoms with Crippen LogP contribution in [0.25, 0.3) is 0 Å². The van der Waals surface area contributed by atoms with Gasteiger partial charge in [-0.05, 0) is 35.4 Å². The van der Waals surface area contributed by atoms with E-state index in [4.69, 9.17) is 29.4 Å². The van der Waals surface area contributed by atoms with Crippen molar-refractivity contribution in [2.75, 3.05) is 0 Å². The van der Waals surface area contributed by atoms with Gasteiger partial charge in [0.1, 0.15) is 0 Å². The number of unbranched alkanes of at least 4 members (excludes halogenated alkanes) is 2. The van der Waals surface area contributed by atoms with Crippen LogP contribution in [0.15, 0.2) is 0 Å². The standard InChI is InChI=1S/C11H24.2H3O3PS/c1-5-7-8-9-11(6-2)10(3)4;2*1-4(2,3)5/h10-11H,5-9H2,1-4H3;2*(H3,1,2,3,5). The highest BCUT2D eigenvalue weighted by Crippen LogP contribution is 2.27. The number of hydrogen-bond acceptors (Lipinski definition) is 2. The van der Waals surface area contributed by atoms with Gasteiger partial charge in [-0.15, -0.1) is 0 Å². The number of hydrogen-bond donors (Lipinski definition) is 6. The third-order valence-corrected chi connectivity index (χ3v) is 2.65. The minimum atomic E-state index is -3.81. The Morgan fingerprint density at radius 2 is 1.14 bits per heavy atom. The molecule has 0 aliphatic carbocycles. The van der Waals surface area contributed by atoms with Crippen LogP contribution in [0.5, 0.6) is 0 Å². The Morgan fingerprint density at radius 1 is 0.810 bits per heavy atom. The maximum atomic E-state index is 7.56. The Hall–Kier alpha value is 1.06. The molecule has 21 heavy (non-hydrogen) atoms. The lowest BCUT2D eigenvalue weighted by Gasteiger charge is -2.18. The summed E-state index contributed by atoms with van der Waals surface area (Å²) in [7, 11) is 0. The van der Waals surface area contributed by atoms with Crippen molar-refractivity contribution < 1.29 is 29.4 Å². The maximum absolute atomic E-state index is 7.56. The maximum Gasteiger partial charge on any atom is 0.319 e. The average molecular weight is 384 g/mol. The molecule has 0 saturated heterocycles. The summed E-state index contributed by atoms with van der Waals surface area (Å²) in [5.41, 5.74) is 0. The van der Waals surface area contributed by atoms with Gasteiger partial charge >= 0.3 is 13.4 Å². The summed E-state index contributed by atoms with van der Waals surface area (Å²) in [6.07, 6.45) is 7.02. The summed E-state index contributed by atoms with van der Waals surface area (Å²) in [6.45, 7) is 1.67. The topological polar surface area (TPSA) is 121 Å². The fourth-order valence-electron chi connectivity index (χ4n) is 1.67. The van der Waals surface area contributed by atoms with E-state index in [0.29, 0.717) is 0 Å². The fourth-order valence-corrected chi connectivity index (χ4v) is 1.67. The summed E-state index contributed by atoms with van der Waals surface area (Å²) in [5, 5.41) is 0. The average Bonchev–Trinajstić information content (AvgIpc) is 2.19. The van der Waals surface area contributed by atoms with E-state index in [9.17, 15) is 0 Å². The summed E-state index contributed by atoms with van der Waals surface area (Å²) in [5.74, 6) is 1.86. The van der Waals surface area contributed by atoms with Gasteiger partial charge in [0.2, 0.25) is 0 Å². The second kappa shape index (κ2) is 14.6. The van der Waals surface area contributed by atoms with Crippen molar-refractivity contribution in [1.29, 1.82) is 0 Å². The highest BCUT2D eigenvalue weighted by molar-refractivity contribution is 8.06. The summed E-state index contributed by atoms with van der Waals surface area (Å²) in [6, 6.07) is 0. The number of rotatable bonds is 6. The second-order valence-electron chi connectivity index (χ2n) is 4.93. The van der Waals surface area contributed by atoms with Crippen molar-refractivity contribution in [2.24, 2.45) is 11.8 Å². The van der Waals surface area contributed by atoms with Gasteiger partial charge in [-0.25, -0.2) is 0 Å². The minimum Gasteiger partial charge on any atom is -0.325 e. The van der Waals surface area contributed by atoms with Gasteiger partial charge in [0.05, 0.1) is 0 Å². The zero-order valence-corrected chi connectivity index (χ0v) is 16.5. The Bertz CT molecular complexity index is 279. The molecule has 1 unspecified atom stereocenters. The Balaban J connectivity index is -0.000000270. The lowest BCUT2D eigenvalue weighted by atomic mass is 9.88. The predicted octanol–water partition coefficient (Wildman–Crippen LogP) is 2.62. The van der Waals surface area contributed by atoms with E-state index in [0.717, 1.165) is 11.8 Å². The normalized spacial score (nSPS) is 12.9. The Labute approximate surface area is 138 Å². The quantitative estimate of drug-likeness (QED) is 0.305. The molecule has 0 fully saturated rings. The first-order valence-electron chi connectivity index (χ1n) is 6.78. The zero-order valence-electron chi connectivity index (χ0n) is 13.1. The van der Waals surface area contributed by atoms with Crippen molar-refractivity contribution in [3.8, 4) is 0 Å². The van der Waals surface area contributed by atoms with Crippen molar-refractivity contribution in [2.45, 2.75) is 59.8 Å². The van der Waals surface area contributed by atoms with E-state index in [1.807, 2.05) is 0 Å². The van der Waals surface area contributed by atoms with Gasteiger partial charge in [0.15, 0.2) is 0 Å². The molecule has 0 aliphatic rings. The van der Waals surface area contributed by atoms with E-state index in [2.05, 4.69) is 51.3 Å². The molecule has 6 nitrogen and oxygen atoms in total. The predicted molar refractivity (Wildman–Crippen MR) is 94.6 cm³/mol. The van der Waals surface area contributed by atoms with Crippen molar-refractivity contribution >= 4 is 37.1 Å². The molecule has 0 rings (SSSR count). The second-order valence-corrected chi connectivity index (χ2v) is 9.93. The van der Waals surface area contributed by atoms with E-state index in [-0.39, 0.29) is 0 Å². The fraction of sp³-hybridized carbons (Fsp3) is 1.00. The van der Waals surface area contributed by atoms with Crippen LogP contribution in [0.4, 0.5) is 0 Å². The lowest BCUT2D eigenvalue weighted by molar-refractivity contribution is 0.337.